The van der Waals surface area contributed by atoms with E-state index < -0.39 is 11.6 Å². The average molecular weight is 352 g/mol. The molecule has 0 amide bonds. The Labute approximate surface area is 150 Å². The summed E-state index contributed by atoms with van der Waals surface area (Å²) in [6, 6.07) is 13.7. The Morgan fingerprint density at radius 1 is 1.00 bits per heavy atom. The summed E-state index contributed by atoms with van der Waals surface area (Å²) >= 11 is 0. The van der Waals surface area contributed by atoms with Crippen LogP contribution in [0.1, 0.15) is 16.8 Å². The molecule has 1 aliphatic rings. The predicted molar refractivity (Wildman–Crippen MR) is 97.6 cm³/mol. The second-order valence-electron chi connectivity index (χ2n) is 6.38. The zero-order valence-corrected chi connectivity index (χ0v) is 14.3. The molecule has 132 valence electrons. The topological polar surface area (TPSA) is 41.1 Å². The molecule has 0 saturated carbocycles. The minimum Gasteiger partial charge on any atom is -0.352 e. The molecule has 0 aliphatic carbocycles. The number of fused-ring (bicyclic) bond motifs is 1. The molecule has 0 saturated heterocycles. The lowest BCUT2D eigenvalue weighted by molar-refractivity contribution is 0.586. The molecule has 4 nitrogen and oxygen atoms in total. The second-order valence-corrected chi connectivity index (χ2v) is 6.38. The number of aromatic nitrogens is 2. The van der Waals surface area contributed by atoms with Crippen molar-refractivity contribution in [3.8, 4) is 0 Å². The molecular weight excluding hydrogens is 334 g/mol. The van der Waals surface area contributed by atoms with Gasteiger partial charge in [-0.25, -0.2) is 13.8 Å². The van der Waals surface area contributed by atoms with Gasteiger partial charge in [-0.15, -0.1) is 0 Å². The third-order valence-corrected chi connectivity index (χ3v) is 4.47. The summed E-state index contributed by atoms with van der Waals surface area (Å²) in [4.78, 5) is 11.0. The maximum Gasteiger partial charge on any atom is 0.229 e. The lowest BCUT2D eigenvalue weighted by atomic mass is 10.00. The van der Waals surface area contributed by atoms with E-state index in [0.29, 0.717) is 5.95 Å². The van der Waals surface area contributed by atoms with Crippen LogP contribution in [0, 0.1) is 18.6 Å². The van der Waals surface area contributed by atoms with Crippen LogP contribution in [0.2, 0.25) is 0 Å². The van der Waals surface area contributed by atoms with E-state index in [1.54, 1.807) is 0 Å². The molecule has 4 rings (SSSR count). The summed E-state index contributed by atoms with van der Waals surface area (Å²) < 4.78 is 27.0. The van der Waals surface area contributed by atoms with Crippen molar-refractivity contribution in [3.63, 3.8) is 0 Å². The van der Waals surface area contributed by atoms with Crippen molar-refractivity contribution in [2.24, 2.45) is 0 Å². The molecule has 1 aliphatic heterocycles. The standard InChI is InChI=1S/C20H18F2N4/c1-13-10-19(26-9-8-14-4-2-3-5-15(14)12-26)25-20(23-13)24-18-7-6-16(21)11-17(18)22/h2-7,10-11H,8-9,12H2,1H3,(H,23,24,25). The van der Waals surface area contributed by atoms with Crippen molar-refractivity contribution in [3.05, 3.63) is 77.0 Å². The molecular formula is C20H18F2N4. The van der Waals surface area contributed by atoms with Crippen LogP contribution in [0.25, 0.3) is 0 Å². The van der Waals surface area contributed by atoms with E-state index in [1.807, 2.05) is 19.1 Å². The van der Waals surface area contributed by atoms with Crippen LogP contribution in [0.5, 0.6) is 0 Å². The van der Waals surface area contributed by atoms with Crippen molar-refractivity contribution >= 4 is 17.5 Å². The largest absolute Gasteiger partial charge is 0.352 e. The summed E-state index contributed by atoms with van der Waals surface area (Å²) in [5, 5.41) is 2.85. The quantitative estimate of drug-likeness (QED) is 0.760. The van der Waals surface area contributed by atoms with E-state index in [0.717, 1.165) is 37.1 Å². The van der Waals surface area contributed by atoms with Crippen LogP contribution in [0.3, 0.4) is 0 Å². The van der Waals surface area contributed by atoms with Crippen LogP contribution in [0.4, 0.5) is 26.2 Å². The van der Waals surface area contributed by atoms with Crippen molar-refractivity contribution in [1.29, 1.82) is 0 Å². The Bertz CT molecular complexity index is 958. The van der Waals surface area contributed by atoms with E-state index in [2.05, 4.69) is 38.4 Å². The number of hydrogen-bond donors (Lipinski definition) is 1. The molecule has 0 radical (unpaired) electrons. The Kier molecular flexibility index (Phi) is 4.24. The second kappa shape index (κ2) is 6.71. The van der Waals surface area contributed by atoms with Gasteiger partial charge in [0.2, 0.25) is 5.95 Å². The summed E-state index contributed by atoms with van der Waals surface area (Å²) in [5.41, 5.74) is 3.57. The van der Waals surface area contributed by atoms with Gasteiger partial charge >= 0.3 is 0 Å². The van der Waals surface area contributed by atoms with Crippen LogP contribution in [-0.2, 0) is 13.0 Å². The summed E-state index contributed by atoms with van der Waals surface area (Å²) in [5.74, 6) is -0.212. The van der Waals surface area contributed by atoms with Gasteiger partial charge in [0.25, 0.3) is 0 Å². The third kappa shape index (κ3) is 3.35. The fourth-order valence-corrected chi connectivity index (χ4v) is 3.17. The number of benzene rings is 2. The number of aryl methyl sites for hydroxylation is 1. The van der Waals surface area contributed by atoms with Crippen molar-refractivity contribution in [2.45, 2.75) is 19.9 Å². The Balaban J connectivity index is 1.61. The van der Waals surface area contributed by atoms with Gasteiger partial charge in [0.15, 0.2) is 0 Å². The van der Waals surface area contributed by atoms with E-state index in [9.17, 15) is 8.78 Å². The molecule has 2 aromatic carbocycles. The number of hydrogen-bond acceptors (Lipinski definition) is 4. The van der Waals surface area contributed by atoms with Crippen molar-refractivity contribution < 1.29 is 8.78 Å². The summed E-state index contributed by atoms with van der Waals surface area (Å²) in [6.45, 7) is 3.50. The summed E-state index contributed by atoms with van der Waals surface area (Å²) in [7, 11) is 0. The van der Waals surface area contributed by atoms with Crippen LogP contribution < -0.4 is 10.2 Å². The predicted octanol–water partition coefficient (Wildman–Crippen LogP) is 4.37. The molecule has 0 fully saturated rings. The highest BCUT2D eigenvalue weighted by molar-refractivity contribution is 5.57. The lowest BCUT2D eigenvalue weighted by Gasteiger charge is -2.30. The molecule has 1 aromatic heterocycles. The van der Waals surface area contributed by atoms with Gasteiger partial charge in [0.1, 0.15) is 17.5 Å². The normalized spacial score (nSPS) is 13.4. The zero-order chi connectivity index (χ0) is 18.1. The van der Waals surface area contributed by atoms with Crippen molar-refractivity contribution in [1.82, 2.24) is 9.97 Å². The SMILES string of the molecule is Cc1cc(N2CCc3ccccc3C2)nc(Nc2ccc(F)cc2F)n1. The highest BCUT2D eigenvalue weighted by atomic mass is 19.1. The number of nitrogens with one attached hydrogen (secondary N) is 1. The average Bonchev–Trinajstić information content (AvgIpc) is 2.63. The lowest BCUT2D eigenvalue weighted by Crippen LogP contribution is -2.31. The number of rotatable bonds is 3. The van der Waals surface area contributed by atoms with E-state index in [-0.39, 0.29) is 5.69 Å². The van der Waals surface area contributed by atoms with Gasteiger partial charge in [0, 0.05) is 30.9 Å². The Morgan fingerprint density at radius 2 is 1.81 bits per heavy atom. The first kappa shape index (κ1) is 16.4. The molecule has 3 aromatic rings. The van der Waals surface area contributed by atoms with E-state index >= 15 is 0 Å². The van der Waals surface area contributed by atoms with Crippen LogP contribution in [0.15, 0.2) is 48.5 Å². The monoisotopic (exact) mass is 352 g/mol. The first-order valence-electron chi connectivity index (χ1n) is 8.48. The number of nitrogens with zero attached hydrogens (tertiary/aromatic N) is 3. The van der Waals surface area contributed by atoms with E-state index in [1.165, 1.54) is 23.3 Å². The highest BCUT2D eigenvalue weighted by Gasteiger charge is 2.18. The first-order chi connectivity index (χ1) is 12.6. The zero-order valence-electron chi connectivity index (χ0n) is 14.3. The molecule has 0 atom stereocenters. The molecule has 0 spiro atoms. The molecule has 1 N–H and O–H groups in total. The minimum absolute atomic E-state index is 0.145. The van der Waals surface area contributed by atoms with Gasteiger partial charge in [-0.05, 0) is 36.6 Å². The minimum atomic E-state index is -0.677. The smallest absolute Gasteiger partial charge is 0.229 e. The van der Waals surface area contributed by atoms with Gasteiger partial charge in [0.05, 0.1) is 5.69 Å². The van der Waals surface area contributed by atoms with Gasteiger partial charge in [-0.3, -0.25) is 0 Å². The Morgan fingerprint density at radius 3 is 2.62 bits per heavy atom. The van der Waals surface area contributed by atoms with Gasteiger partial charge in [-0.1, -0.05) is 24.3 Å². The maximum absolute atomic E-state index is 13.9. The number of halogens is 2. The first-order valence-corrected chi connectivity index (χ1v) is 8.48. The highest BCUT2D eigenvalue weighted by Crippen LogP contribution is 2.25. The molecule has 2 heterocycles. The fraction of sp³-hybridized carbons (Fsp3) is 0.200. The van der Waals surface area contributed by atoms with Crippen molar-refractivity contribution in [2.75, 3.05) is 16.8 Å². The van der Waals surface area contributed by atoms with E-state index in [4.69, 9.17) is 0 Å². The molecule has 0 unspecified atom stereocenters. The third-order valence-electron chi connectivity index (χ3n) is 4.47. The summed E-state index contributed by atoms with van der Waals surface area (Å²) in [6.07, 6.45) is 0.953. The van der Waals surface area contributed by atoms with Crippen LogP contribution in [-0.4, -0.2) is 16.5 Å². The molecule has 6 heteroatoms. The molecule has 26 heavy (non-hydrogen) atoms. The van der Waals surface area contributed by atoms with Gasteiger partial charge in [-0.2, -0.15) is 4.98 Å². The molecule has 0 bridgehead atoms. The Hall–Kier alpha value is -3.02. The maximum atomic E-state index is 13.9. The van der Waals surface area contributed by atoms with Crippen LogP contribution >= 0.6 is 0 Å². The van der Waals surface area contributed by atoms with Gasteiger partial charge < -0.3 is 10.2 Å². The number of anilines is 3. The fourth-order valence-electron chi connectivity index (χ4n) is 3.17.